The third kappa shape index (κ3) is 3.88. The van der Waals surface area contributed by atoms with E-state index in [9.17, 15) is 14.7 Å². The van der Waals surface area contributed by atoms with Crippen molar-refractivity contribution in [2.24, 2.45) is 0 Å². The normalized spacial score (nSPS) is 15.7. The van der Waals surface area contributed by atoms with Crippen LogP contribution in [0.25, 0.3) is 10.6 Å². The number of rotatable bonds is 6. The van der Waals surface area contributed by atoms with Gasteiger partial charge in [-0.25, -0.2) is 4.98 Å². The van der Waals surface area contributed by atoms with Gasteiger partial charge in [-0.1, -0.05) is 36.4 Å². The fraction of sp³-hybridized carbons (Fsp3) is 0.115. The van der Waals surface area contributed by atoms with Crippen molar-refractivity contribution in [3.8, 4) is 10.6 Å². The molecule has 4 heterocycles. The lowest BCUT2D eigenvalue weighted by atomic mass is 9.95. The van der Waals surface area contributed by atoms with Gasteiger partial charge in [0.25, 0.3) is 5.91 Å². The summed E-state index contributed by atoms with van der Waals surface area (Å²) in [5, 5.41) is 11.6. The highest BCUT2D eigenvalue weighted by molar-refractivity contribution is 7.17. The van der Waals surface area contributed by atoms with E-state index < -0.39 is 23.5 Å². The number of nitrogens with zero attached hydrogens (tertiary/aromatic N) is 4. The molecule has 0 fully saturated rings. The Balaban J connectivity index is 1.57. The van der Waals surface area contributed by atoms with Gasteiger partial charge in [-0.15, -0.1) is 11.3 Å². The van der Waals surface area contributed by atoms with Crippen LogP contribution in [0, 0.1) is 6.92 Å². The van der Waals surface area contributed by atoms with Gasteiger partial charge in [-0.2, -0.15) is 0 Å². The molecule has 0 saturated carbocycles. The molecule has 34 heavy (non-hydrogen) atoms. The third-order valence-corrected chi connectivity index (χ3v) is 6.87. The molecule has 5 rings (SSSR count). The fourth-order valence-electron chi connectivity index (χ4n) is 4.06. The average Bonchev–Trinajstić information content (AvgIpc) is 3.38. The maximum atomic E-state index is 13.8. The first-order valence-corrected chi connectivity index (χ1v) is 11.5. The van der Waals surface area contributed by atoms with E-state index >= 15 is 0 Å². The molecule has 0 aliphatic carbocycles. The van der Waals surface area contributed by atoms with E-state index in [1.165, 1.54) is 16.2 Å². The first kappa shape index (κ1) is 21.7. The summed E-state index contributed by atoms with van der Waals surface area (Å²) in [6.45, 7) is 1.96. The molecule has 1 amide bonds. The van der Waals surface area contributed by atoms with Crippen LogP contribution in [-0.2, 0) is 11.3 Å². The molecule has 1 aliphatic heterocycles. The number of benzene rings is 1. The molecule has 8 heteroatoms. The molecule has 1 N–H and O–H groups in total. The van der Waals surface area contributed by atoms with Gasteiger partial charge in [-0.3, -0.25) is 19.6 Å². The summed E-state index contributed by atoms with van der Waals surface area (Å²) < 4.78 is 0. The van der Waals surface area contributed by atoms with Crippen LogP contribution in [0.2, 0.25) is 0 Å². The van der Waals surface area contributed by atoms with Crippen LogP contribution in [0.5, 0.6) is 0 Å². The third-order valence-electron chi connectivity index (χ3n) is 5.67. The maximum absolute atomic E-state index is 13.8. The highest BCUT2D eigenvalue weighted by Crippen LogP contribution is 2.41. The number of amides is 1. The van der Waals surface area contributed by atoms with Crippen molar-refractivity contribution < 1.29 is 14.7 Å². The Hall–Kier alpha value is -4.17. The summed E-state index contributed by atoms with van der Waals surface area (Å²) in [6, 6.07) is 16.0. The van der Waals surface area contributed by atoms with Crippen molar-refractivity contribution >= 4 is 23.0 Å². The quantitative estimate of drug-likeness (QED) is 0.413. The Morgan fingerprint density at radius 3 is 2.50 bits per heavy atom. The number of carbonyl (C=O) groups is 2. The lowest BCUT2D eigenvalue weighted by Gasteiger charge is -2.26. The number of carbonyl (C=O) groups excluding carboxylic acids is 2. The molecule has 1 aliphatic rings. The zero-order chi connectivity index (χ0) is 23.7. The van der Waals surface area contributed by atoms with Crippen LogP contribution in [0.3, 0.4) is 0 Å². The van der Waals surface area contributed by atoms with Crippen LogP contribution < -0.4 is 0 Å². The van der Waals surface area contributed by atoms with Crippen molar-refractivity contribution in [1.29, 1.82) is 0 Å². The summed E-state index contributed by atoms with van der Waals surface area (Å²) >= 11 is 1.26. The van der Waals surface area contributed by atoms with Crippen molar-refractivity contribution in [2.75, 3.05) is 0 Å². The molecule has 1 aromatic carbocycles. The maximum Gasteiger partial charge on any atom is 0.290 e. The van der Waals surface area contributed by atoms with E-state index in [4.69, 9.17) is 0 Å². The van der Waals surface area contributed by atoms with Gasteiger partial charge in [0.2, 0.25) is 5.78 Å². The van der Waals surface area contributed by atoms with E-state index in [1.54, 1.807) is 49.9 Å². The van der Waals surface area contributed by atoms with Crippen LogP contribution in [0.1, 0.15) is 32.5 Å². The zero-order valence-electron chi connectivity index (χ0n) is 18.3. The summed E-state index contributed by atoms with van der Waals surface area (Å²) in [5.41, 5.74) is 2.98. The highest BCUT2D eigenvalue weighted by atomic mass is 32.1. The number of aromatic nitrogens is 3. The number of aryl methyl sites for hydroxylation is 1. The number of thiazole rings is 1. The van der Waals surface area contributed by atoms with Gasteiger partial charge >= 0.3 is 0 Å². The van der Waals surface area contributed by atoms with Crippen molar-refractivity contribution in [3.05, 3.63) is 112 Å². The lowest BCUT2D eigenvalue weighted by Crippen LogP contribution is -2.30. The van der Waals surface area contributed by atoms with Gasteiger partial charge < -0.3 is 10.0 Å². The van der Waals surface area contributed by atoms with Crippen molar-refractivity contribution in [2.45, 2.75) is 19.5 Å². The van der Waals surface area contributed by atoms with Gasteiger partial charge in [0, 0.05) is 36.9 Å². The predicted molar refractivity (Wildman–Crippen MR) is 128 cm³/mol. The minimum atomic E-state index is -0.759. The molecule has 1 atom stereocenters. The van der Waals surface area contributed by atoms with E-state index in [2.05, 4.69) is 15.0 Å². The zero-order valence-corrected chi connectivity index (χ0v) is 19.1. The summed E-state index contributed by atoms with van der Waals surface area (Å²) in [5.74, 6) is -1.54. The molecule has 0 bridgehead atoms. The molecule has 0 saturated heterocycles. The molecular weight excluding hydrogens is 448 g/mol. The second kappa shape index (κ2) is 8.99. The van der Waals surface area contributed by atoms with Crippen LogP contribution in [0.4, 0.5) is 0 Å². The van der Waals surface area contributed by atoms with Gasteiger partial charge in [0.15, 0.2) is 5.76 Å². The SMILES string of the molecule is Cc1nc(-c2ccccc2)sc1C(=O)C1=C(O)C(=O)N(Cc2cccnc2)C1c1ccncc1. The largest absolute Gasteiger partial charge is 0.503 e. The Labute approximate surface area is 200 Å². The van der Waals surface area contributed by atoms with E-state index in [0.29, 0.717) is 21.1 Å². The average molecular weight is 469 g/mol. The Morgan fingerprint density at radius 2 is 1.79 bits per heavy atom. The number of ketones is 1. The second-order valence-corrected chi connectivity index (χ2v) is 8.87. The number of aliphatic hydroxyl groups excluding tert-OH is 1. The molecule has 168 valence electrons. The topological polar surface area (TPSA) is 96.3 Å². The molecule has 7 nitrogen and oxygen atoms in total. The monoisotopic (exact) mass is 468 g/mol. The van der Waals surface area contributed by atoms with Gasteiger partial charge in [0.1, 0.15) is 5.01 Å². The minimum Gasteiger partial charge on any atom is -0.503 e. The molecular formula is C26H20N4O3S. The molecule has 1 unspecified atom stereocenters. The first-order chi connectivity index (χ1) is 16.5. The summed E-state index contributed by atoms with van der Waals surface area (Å²) in [7, 11) is 0. The predicted octanol–water partition coefficient (Wildman–Crippen LogP) is 4.69. The van der Waals surface area contributed by atoms with Crippen LogP contribution in [0.15, 0.2) is 90.7 Å². The lowest BCUT2D eigenvalue weighted by molar-refractivity contribution is -0.130. The number of pyridine rings is 2. The Bertz CT molecular complexity index is 1390. The van der Waals surface area contributed by atoms with Gasteiger partial charge in [0.05, 0.1) is 22.2 Å². The summed E-state index contributed by atoms with van der Waals surface area (Å²) in [4.78, 5) is 41.6. The van der Waals surface area contributed by atoms with Gasteiger partial charge in [-0.05, 0) is 36.2 Å². The fourth-order valence-corrected chi connectivity index (χ4v) is 5.09. The van der Waals surface area contributed by atoms with Crippen molar-refractivity contribution in [3.63, 3.8) is 0 Å². The smallest absolute Gasteiger partial charge is 0.290 e. The standard InChI is InChI=1S/C26H20N4O3S/c1-16-24(34-25(29-16)19-7-3-2-4-8-19)22(31)20-21(18-9-12-27-13-10-18)30(26(33)23(20)32)15-17-6-5-11-28-14-17/h2-14,21,32H,15H2,1H3. The number of hydrogen-bond donors (Lipinski definition) is 1. The van der Waals surface area contributed by atoms with Crippen molar-refractivity contribution in [1.82, 2.24) is 19.9 Å². The highest BCUT2D eigenvalue weighted by Gasteiger charge is 2.44. The Kier molecular flexibility index (Phi) is 5.73. The minimum absolute atomic E-state index is 0.0476. The number of hydrogen-bond acceptors (Lipinski definition) is 7. The number of aliphatic hydroxyl groups is 1. The Morgan fingerprint density at radius 1 is 1.03 bits per heavy atom. The molecule has 0 radical (unpaired) electrons. The molecule has 4 aromatic rings. The molecule has 3 aromatic heterocycles. The van der Waals surface area contributed by atoms with E-state index in [1.807, 2.05) is 36.4 Å². The molecule has 0 spiro atoms. The van der Waals surface area contributed by atoms with Crippen LogP contribution in [-0.4, -0.2) is 36.6 Å². The van der Waals surface area contributed by atoms with E-state index in [-0.39, 0.29) is 12.1 Å². The first-order valence-electron chi connectivity index (χ1n) is 10.6. The second-order valence-electron chi connectivity index (χ2n) is 7.87. The number of Topliss-reactive ketones (excluding diaryl/α,β-unsaturated/α-hetero) is 1. The summed E-state index contributed by atoms with van der Waals surface area (Å²) in [6.07, 6.45) is 6.51. The van der Waals surface area contributed by atoms with Crippen LogP contribution >= 0.6 is 11.3 Å². The van der Waals surface area contributed by atoms with E-state index in [0.717, 1.165) is 11.1 Å².